The molecule has 0 aromatic heterocycles. The van der Waals surface area contributed by atoms with Crippen LogP contribution in [0.1, 0.15) is 36.5 Å². The molecule has 2 bridgehead atoms. The summed E-state index contributed by atoms with van der Waals surface area (Å²) in [6.07, 6.45) is 2.23. The monoisotopic (exact) mass is 454 g/mol. The Morgan fingerprint density at radius 2 is 1.69 bits per heavy atom. The van der Waals surface area contributed by atoms with Gasteiger partial charge in [-0.25, -0.2) is 4.39 Å². The molecule has 0 heterocycles. The van der Waals surface area contributed by atoms with E-state index in [2.05, 4.69) is 10.6 Å². The molecule has 2 aromatic rings. The van der Waals surface area contributed by atoms with Crippen LogP contribution in [0.4, 0.5) is 10.1 Å². The third-order valence-electron chi connectivity index (χ3n) is 6.13. The van der Waals surface area contributed by atoms with E-state index in [9.17, 15) is 14.0 Å². The molecule has 2 amide bonds. The summed E-state index contributed by atoms with van der Waals surface area (Å²) >= 11 is 17.6. The van der Waals surface area contributed by atoms with E-state index >= 15 is 0 Å². The van der Waals surface area contributed by atoms with Gasteiger partial charge < -0.3 is 10.6 Å². The van der Waals surface area contributed by atoms with Gasteiger partial charge >= 0.3 is 0 Å². The van der Waals surface area contributed by atoms with E-state index in [1.807, 2.05) is 6.92 Å². The first-order chi connectivity index (χ1) is 13.6. The van der Waals surface area contributed by atoms with Crippen LogP contribution in [0.2, 0.25) is 15.1 Å². The van der Waals surface area contributed by atoms with E-state index in [4.69, 9.17) is 34.8 Å². The Morgan fingerprint density at radius 1 is 1.00 bits per heavy atom. The number of anilines is 1. The van der Waals surface area contributed by atoms with Crippen molar-refractivity contribution in [3.8, 4) is 0 Å². The number of hydrogen-bond acceptors (Lipinski definition) is 2. The lowest BCUT2D eigenvalue weighted by Crippen LogP contribution is -2.77. The lowest BCUT2D eigenvalue weighted by atomic mass is 9.36. The number of carbonyl (C=O) groups is 2. The second kappa shape index (κ2) is 7.15. The van der Waals surface area contributed by atoms with Crippen LogP contribution < -0.4 is 10.6 Å². The summed E-state index contributed by atoms with van der Waals surface area (Å²) in [5, 5.41) is 6.56. The normalized spacial score (nSPS) is 25.4. The maximum atomic E-state index is 13.3. The fourth-order valence-corrected chi connectivity index (χ4v) is 4.99. The standard InChI is InChI=1S/C21H18Cl3FN2O2/c1-11(18(28)26-13-3-5-17(25)16(24)7-13)20-8-21(9-20,10-20)27-19(29)12-2-4-14(22)15(23)6-12/h2-7,11H,8-10H2,1H3,(H,26,28)(H,27,29). The highest BCUT2D eigenvalue weighted by molar-refractivity contribution is 6.42. The number of benzene rings is 2. The second-order valence-corrected chi connectivity index (χ2v) is 9.32. The summed E-state index contributed by atoms with van der Waals surface area (Å²) in [6.45, 7) is 1.88. The van der Waals surface area contributed by atoms with Crippen molar-refractivity contribution in [1.82, 2.24) is 5.32 Å². The minimum absolute atomic E-state index is 0.0371. The van der Waals surface area contributed by atoms with Crippen LogP contribution in [-0.2, 0) is 4.79 Å². The van der Waals surface area contributed by atoms with Crippen LogP contribution in [0.25, 0.3) is 0 Å². The molecule has 3 fully saturated rings. The number of hydrogen-bond donors (Lipinski definition) is 2. The van der Waals surface area contributed by atoms with Gasteiger partial charge in [0.05, 0.1) is 15.1 Å². The van der Waals surface area contributed by atoms with E-state index in [1.165, 1.54) is 18.2 Å². The number of nitrogens with one attached hydrogen (secondary N) is 2. The number of halogens is 4. The fourth-order valence-electron chi connectivity index (χ4n) is 4.51. The van der Waals surface area contributed by atoms with Gasteiger partial charge in [-0.3, -0.25) is 9.59 Å². The minimum Gasteiger partial charge on any atom is -0.347 e. The summed E-state index contributed by atoms with van der Waals surface area (Å²) in [5.74, 6) is -1.11. The molecule has 3 aliphatic rings. The molecular formula is C21H18Cl3FN2O2. The third kappa shape index (κ3) is 3.60. The molecule has 0 aliphatic heterocycles. The van der Waals surface area contributed by atoms with Crippen molar-refractivity contribution in [2.75, 3.05) is 5.32 Å². The van der Waals surface area contributed by atoms with Gasteiger partial charge in [-0.15, -0.1) is 0 Å². The van der Waals surface area contributed by atoms with E-state index in [0.29, 0.717) is 21.3 Å². The summed E-state index contributed by atoms with van der Waals surface area (Å²) in [7, 11) is 0. The van der Waals surface area contributed by atoms with Gasteiger partial charge in [-0.05, 0) is 61.1 Å². The Balaban J connectivity index is 1.35. The molecule has 152 valence electrons. The highest BCUT2D eigenvalue weighted by Gasteiger charge is 2.71. The van der Waals surface area contributed by atoms with Crippen molar-refractivity contribution in [1.29, 1.82) is 0 Å². The zero-order valence-corrected chi connectivity index (χ0v) is 17.8. The highest BCUT2D eigenvalue weighted by atomic mass is 35.5. The summed E-state index contributed by atoms with van der Waals surface area (Å²) < 4.78 is 13.3. The first kappa shape index (κ1) is 20.5. The van der Waals surface area contributed by atoms with Gasteiger partial charge in [0, 0.05) is 22.7 Å². The minimum atomic E-state index is -0.531. The molecule has 0 saturated heterocycles. The Bertz CT molecular complexity index is 1010. The zero-order valence-electron chi connectivity index (χ0n) is 15.5. The largest absolute Gasteiger partial charge is 0.347 e. The molecule has 5 rings (SSSR count). The molecular weight excluding hydrogens is 438 g/mol. The van der Waals surface area contributed by atoms with Gasteiger partial charge in [0.25, 0.3) is 5.91 Å². The van der Waals surface area contributed by atoms with Crippen LogP contribution >= 0.6 is 34.8 Å². The topological polar surface area (TPSA) is 58.2 Å². The molecule has 29 heavy (non-hydrogen) atoms. The van der Waals surface area contributed by atoms with Crippen LogP contribution in [0, 0.1) is 17.2 Å². The molecule has 1 atom stereocenters. The maximum absolute atomic E-state index is 13.3. The molecule has 0 spiro atoms. The molecule has 8 heteroatoms. The Kier molecular flexibility index (Phi) is 5.04. The van der Waals surface area contributed by atoms with Crippen molar-refractivity contribution in [2.45, 2.75) is 31.7 Å². The van der Waals surface area contributed by atoms with Crippen molar-refractivity contribution in [3.63, 3.8) is 0 Å². The zero-order chi connectivity index (χ0) is 21.0. The van der Waals surface area contributed by atoms with Crippen molar-refractivity contribution in [3.05, 3.63) is 62.8 Å². The quantitative estimate of drug-likeness (QED) is 0.606. The van der Waals surface area contributed by atoms with Crippen molar-refractivity contribution >= 4 is 52.3 Å². The average Bonchev–Trinajstić information content (AvgIpc) is 2.61. The first-order valence-corrected chi connectivity index (χ1v) is 10.3. The fraction of sp³-hybridized carbons (Fsp3) is 0.333. The van der Waals surface area contributed by atoms with E-state index in [0.717, 1.165) is 19.3 Å². The predicted octanol–water partition coefficient (Wildman–Crippen LogP) is 5.71. The highest BCUT2D eigenvalue weighted by Crippen LogP contribution is 2.70. The van der Waals surface area contributed by atoms with Crippen molar-refractivity contribution in [2.24, 2.45) is 11.3 Å². The second-order valence-electron chi connectivity index (χ2n) is 8.10. The summed E-state index contributed by atoms with van der Waals surface area (Å²) in [4.78, 5) is 25.1. The van der Waals surface area contributed by atoms with Gasteiger partial charge in [-0.2, -0.15) is 0 Å². The van der Waals surface area contributed by atoms with Crippen molar-refractivity contribution < 1.29 is 14.0 Å². The molecule has 3 saturated carbocycles. The van der Waals surface area contributed by atoms with Gasteiger partial charge in [0.15, 0.2) is 0 Å². The van der Waals surface area contributed by atoms with E-state index < -0.39 is 5.82 Å². The molecule has 1 unspecified atom stereocenters. The Morgan fingerprint density at radius 3 is 2.31 bits per heavy atom. The van der Waals surface area contributed by atoms with E-state index in [1.54, 1.807) is 18.2 Å². The average molecular weight is 456 g/mol. The van der Waals surface area contributed by atoms with Gasteiger partial charge in [0.1, 0.15) is 5.82 Å². The molecule has 0 radical (unpaired) electrons. The smallest absolute Gasteiger partial charge is 0.251 e. The SMILES string of the molecule is CC(C(=O)Nc1ccc(F)c(Cl)c1)C12CC(NC(=O)c3ccc(Cl)c(Cl)c3)(C1)C2. The Labute approximate surface area is 182 Å². The maximum Gasteiger partial charge on any atom is 0.251 e. The van der Waals surface area contributed by atoms with E-state index in [-0.39, 0.29) is 33.7 Å². The Hall–Kier alpha value is -1.82. The molecule has 2 N–H and O–H groups in total. The van der Waals surface area contributed by atoms with Crippen LogP contribution in [0.3, 0.4) is 0 Å². The molecule has 4 nitrogen and oxygen atoms in total. The number of carbonyl (C=O) groups excluding carboxylic acids is 2. The van der Waals surface area contributed by atoms with Crippen LogP contribution in [0.15, 0.2) is 36.4 Å². The summed E-state index contributed by atoms with van der Waals surface area (Å²) in [6, 6.07) is 8.86. The molecule has 3 aliphatic carbocycles. The number of rotatable bonds is 5. The third-order valence-corrected chi connectivity index (χ3v) is 7.16. The lowest BCUT2D eigenvalue weighted by Gasteiger charge is -2.72. The van der Waals surface area contributed by atoms with Gasteiger partial charge in [-0.1, -0.05) is 41.7 Å². The molecule has 2 aromatic carbocycles. The lowest BCUT2D eigenvalue weighted by molar-refractivity contribution is -0.184. The van der Waals surface area contributed by atoms with Crippen LogP contribution in [-0.4, -0.2) is 17.4 Å². The van der Waals surface area contributed by atoms with Crippen LogP contribution in [0.5, 0.6) is 0 Å². The predicted molar refractivity (Wildman–Crippen MR) is 112 cm³/mol. The number of amides is 2. The van der Waals surface area contributed by atoms with Gasteiger partial charge in [0.2, 0.25) is 5.91 Å². The summed E-state index contributed by atoms with van der Waals surface area (Å²) in [5.41, 5.74) is 0.523. The first-order valence-electron chi connectivity index (χ1n) is 9.17.